The number of unbranched alkanes of at least 4 members (excludes halogenated alkanes) is 14. The summed E-state index contributed by atoms with van der Waals surface area (Å²) in [5, 5.41) is 0. The summed E-state index contributed by atoms with van der Waals surface area (Å²) in [6.07, 6.45) is 20.9. The van der Waals surface area contributed by atoms with E-state index in [0.717, 1.165) is 25.9 Å². The summed E-state index contributed by atoms with van der Waals surface area (Å²) in [4.78, 5) is 11.6. The molecule has 0 N–H and O–H groups in total. The third-order valence-corrected chi connectivity index (χ3v) is 6.73. The Morgan fingerprint density at radius 3 is 1.02 bits per heavy atom. The minimum Gasteiger partial charge on any atom is -0.463 e. The lowest BCUT2D eigenvalue weighted by Gasteiger charge is -2.08. The number of rotatable bonds is 36. The number of carbonyl (C=O) groups excluding carboxylic acids is 1. The molecule has 0 saturated heterocycles. The Kier molecular flexibility index (Phi) is 36.6. The molecule has 0 amide bonds. The van der Waals surface area contributed by atoms with Crippen molar-refractivity contribution in [3.05, 3.63) is 0 Å². The fourth-order valence-electron chi connectivity index (χ4n) is 4.23. The highest BCUT2D eigenvalue weighted by Crippen LogP contribution is 2.10. The fraction of sp³-hybridized carbons (Fsp3) is 0.970. The van der Waals surface area contributed by atoms with E-state index in [4.69, 9.17) is 33.2 Å². The van der Waals surface area contributed by atoms with Gasteiger partial charge in [-0.15, -0.1) is 0 Å². The van der Waals surface area contributed by atoms with Crippen LogP contribution < -0.4 is 0 Å². The lowest BCUT2D eigenvalue weighted by atomic mass is 10.1. The molecule has 0 aliphatic carbocycles. The van der Waals surface area contributed by atoms with Crippen LogP contribution in [-0.4, -0.2) is 91.9 Å². The minimum atomic E-state index is -0.131. The zero-order valence-electron chi connectivity index (χ0n) is 27.0. The molecule has 0 rings (SSSR count). The van der Waals surface area contributed by atoms with E-state index in [9.17, 15) is 4.79 Å². The maximum atomic E-state index is 11.6. The van der Waals surface area contributed by atoms with E-state index in [0.29, 0.717) is 85.7 Å². The molecule has 41 heavy (non-hydrogen) atoms. The first kappa shape index (κ1) is 40.2. The molecular formula is C33H66O8. The van der Waals surface area contributed by atoms with Crippen LogP contribution in [0.25, 0.3) is 0 Å². The molecule has 0 radical (unpaired) electrons. The largest absolute Gasteiger partial charge is 0.463 e. The Morgan fingerprint density at radius 1 is 0.341 bits per heavy atom. The van der Waals surface area contributed by atoms with E-state index in [-0.39, 0.29) is 5.97 Å². The predicted molar refractivity (Wildman–Crippen MR) is 166 cm³/mol. The lowest BCUT2D eigenvalue weighted by molar-refractivity contribution is -0.145. The third-order valence-electron chi connectivity index (χ3n) is 6.73. The van der Waals surface area contributed by atoms with Crippen molar-refractivity contribution in [1.82, 2.24) is 0 Å². The molecule has 8 nitrogen and oxygen atoms in total. The first-order valence-electron chi connectivity index (χ1n) is 16.9. The van der Waals surface area contributed by atoms with Crippen molar-refractivity contribution in [3.8, 4) is 0 Å². The summed E-state index contributed by atoms with van der Waals surface area (Å²) in [5.74, 6) is -0.131. The molecule has 0 aliphatic rings. The fourth-order valence-corrected chi connectivity index (χ4v) is 4.23. The van der Waals surface area contributed by atoms with E-state index in [2.05, 4.69) is 13.8 Å². The maximum absolute atomic E-state index is 11.6. The Balaban J connectivity index is 3.09. The predicted octanol–water partition coefficient (Wildman–Crippen LogP) is 7.30. The van der Waals surface area contributed by atoms with Gasteiger partial charge >= 0.3 is 5.97 Å². The van der Waals surface area contributed by atoms with Crippen LogP contribution in [0.2, 0.25) is 0 Å². The van der Waals surface area contributed by atoms with Crippen LogP contribution >= 0.6 is 0 Å². The van der Waals surface area contributed by atoms with Crippen molar-refractivity contribution in [3.63, 3.8) is 0 Å². The Bertz CT molecular complexity index is 492. The molecule has 0 saturated carbocycles. The van der Waals surface area contributed by atoms with Crippen LogP contribution in [0, 0.1) is 0 Å². The van der Waals surface area contributed by atoms with Gasteiger partial charge < -0.3 is 33.2 Å². The van der Waals surface area contributed by atoms with E-state index >= 15 is 0 Å². The first-order valence-corrected chi connectivity index (χ1v) is 16.9. The Hall–Kier alpha value is -0.770. The van der Waals surface area contributed by atoms with Gasteiger partial charge in [-0.05, 0) is 12.8 Å². The van der Waals surface area contributed by atoms with E-state index < -0.39 is 0 Å². The Morgan fingerprint density at radius 2 is 0.634 bits per heavy atom. The smallest absolute Gasteiger partial charge is 0.305 e. The van der Waals surface area contributed by atoms with E-state index in [1.54, 1.807) is 0 Å². The number of esters is 1. The highest BCUT2D eigenvalue weighted by atomic mass is 16.6. The van der Waals surface area contributed by atoms with Crippen LogP contribution in [0.1, 0.15) is 123 Å². The standard InChI is InChI=1S/C33H66O8/c1-3-5-7-9-11-12-13-14-16-18-20-35-21-22-36-23-24-37-25-26-38-27-28-39-29-30-40-31-32-41-33(34)19-17-15-10-8-6-4-2/h3-32H2,1-2H3. The number of hydrogen-bond acceptors (Lipinski definition) is 8. The maximum Gasteiger partial charge on any atom is 0.305 e. The number of hydrogen-bond donors (Lipinski definition) is 0. The van der Waals surface area contributed by atoms with Gasteiger partial charge in [0.05, 0.1) is 72.7 Å². The number of carbonyl (C=O) groups is 1. The molecule has 0 aliphatic heterocycles. The van der Waals surface area contributed by atoms with Crippen LogP contribution in [0.15, 0.2) is 0 Å². The SMILES string of the molecule is CCCCCCCCCCCCOCCOCCOCCOCCOCCOCCOC(=O)CCCCCCCC. The molecular weight excluding hydrogens is 524 g/mol. The molecule has 0 aromatic carbocycles. The van der Waals surface area contributed by atoms with Gasteiger partial charge in [-0.3, -0.25) is 4.79 Å². The molecule has 0 spiro atoms. The van der Waals surface area contributed by atoms with Gasteiger partial charge in [0.1, 0.15) is 6.61 Å². The zero-order chi connectivity index (χ0) is 29.7. The molecule has 0 aromatic rings. The van der Waals surface area contributed by atoms with Crippen LogP contribution in [-0.2, 0) is 38.0 Å². The second-order valence-corrected chi connectivity index (χ2v) is 10.6. The lowest BCUT2D eigenvalue weighted by Crippen LogP contribution is -2.15. The average molecular weight is 591 g/mol. The van der Waals surface area contributed by atoms with Gasteiger partial charge in [0.15, 0.2) is 0 Å². The van der Waals surface area contributed by atoms with Crippen molar-refractivity contribution < 1.29 is 38.0 Å². The molecule has 0 aromatic heterocycles. The summed E-state index contributed by atoms with van der Waals surface area (Å²) in [6.45, 7) is 11.5. The minimum absolute atomic E-state index is 0.131. The molecule has 0 unspecified atom stereocenters. The second kappa shape index (κ2) is 37.3. The van der Waals surface area contributed by atoms with Crippen molar-refractivity contribution >= 4 is 5.97 Å². The quantitative estimate of drug-likeness (QED) is 0.0555. The average Bonchev–Trinajstić information content (AvgIpc) is 2.98. The third kappa shape index (κ3) is 37.2. The van der Waals surface area contributed by atoms with E-state index in [1.807, 2.05) is 0 Å². The monoisotopic (exact) mass is 590 g/mol. The number of ether oxygens (including phenoxy) is 7. The van der Waals surface area contributed by atoms with E-state index in [1.165, 1.54) is 83.5 Å². The van der Waals surface area contributed by atoms with Crippen molar-refractivity contribution in [1.29, 1.82) is 0 Å². The normalized spacial score (nSPS) is 11.4. The summed E-state index contributed by atoms with van der Waals surface area (Å²) < 4.78 is 38.2. The second-order valence-electron chi connectivity index (χ2n) is 10.6. The summed E-state index contributed by atoms with van der Waals surface area (Å²) in [6, 6.07) is 0. The van der Waals surface area contributed by atoms with Gasteiger partial charge in [0.25, 0.3) is 0 Å². The molecule has 0 heterocycles. The van der Waals surface area contributed by atoms with Crippen molar-refractivity contribution in [2.45, 2.75) is 123 Å². The van der Waals surface area contributed by atoms with Crippen molar-refractivity contribution in [2.24, 2.45) is 0 Å². The highest BCUT2D eigenvalue weighted by Gasteiger charge is 2.02. The molecule has 0 fully saturated rings. The summed E-state index contributed by atoms with van der Waals surface area (Å²) in [5.41, 5.74) is 0. The highest BCUT2D eigenvalue weighted by molar-refractivity contribution is 5.69. The molecule has 0 atom stereocenters. The van der Waals surface area contributed by atoms with Crippen molar-refractivity contribution in [2.75, 3.05) is 85.9 Å². The summed E-state index contributed by atoms with van der Waals surface area (Å²) >= 11 is 0. The Labute approximate surface area is 252 Å². The van der Waals surface area contributed by atoms with Gasteiger partial charge in [0.2, 0.25) is 0 Å². The molecule has 0 bridgehead atoms. The van der Waals surface area contributed by atoms with Gasteiger partial charge in [-0.25, -0.2) is 0 Å². The molecule has 8 heteroatoms. The molecule has 246 valence electrons. The zero-order valence-corrected chi connectivity index (χ0v) is 27.0. The summed E-state index contributed by atoms with van der Waals surface area (Å²) in [7, 11) is 0. The van der Waals surface area contributed by atoms with Crippen LogP contribution in [0.5, 0.6) is 0 Å². The van der Waals surface area contributed by atoms with Crippen LogP contribution in [0.4, 0.5) is 0 Å². The first-order chi connectivity index (χ1) is 20.3. The van der Waals surface area contributed by atoms with Gasteiger partial charge in [0, 0.05) is 13.0 Å². The van der Waals surface area contributed by atoms with Crippen LogP contribution in [0.3, 0.4) is 0 Å². The van der Waals surface area contributed by atoms with Gasteiger partial charge in [-0.2, -0.15) is 0 Å². The topological polar surface area (TPSA) is 81.7 Å². The van der Waals surface area contributed by atoms with Gasteiger partial charge in [-0.1, -0.05) is 104 Å².